The minimum absolute atomic E-state index is 0.194. The average Bonchev–Trinajstić information content (AvgIpc) is 2.44. The van der Waals surface area contributed by atoms with Crippen LogP contribution in [0.15, 0.2) is 24.3 Å². The quantitative estimate of drug-likeness (QED) is 0.876. The second-order valence-corrected chi connectivity index (χ2v) is 6.11. The SMILES string of the molecule is CC1CC(NC(=O)N2CCc3ccccc3C2C(=O)O)C1. The van der Waals surface area contributed by atoms with E-state index >= 15 is 0 Å². The van der Waals surface area contributed by atoms with Crippen molar-refractivity contribution in [2.24, 2.45) is 5.92 Å². The molecule has 1 atom stereocenters. The Bertz CT molecular complexity index is 566. The lowest BCUT2D eigenvalue weighted by atomic mass is 9.82. The van der Waals surface area contributed by atoms with E-state index in [0.29, 0.717) is 18.9 Å². The Hall–Kier alpha value is -2.04. The molecule has 1 heterocycles. The Labute approximate surface area is 123 Å². The van der Waals surface area contributed by atoms with Crippen LogP contribution in [0, 0.1) is 5.92 Å². The number of amides is 2. The van der Waals surface area contributed by atoms with Crippen molar-refractivity contribution in [3.63, 3.8) is 0 Å². The third-order valence-corrected chi connectivity index (χ3v) is 4.48. The van der Waals surface area contributed by atoms with E-state index in [2.05, 4.69) is 12.2 Å². The first-order chi connectivity index (χ1) is 10.1. The highest BCUT2D eigenvalue weighted by molar-refractivity contribution is 5.85. The number of aliphatic carboxylic acids is 1. The highest BCUT2D eigenvalue weighted by Crippen LogP contribution is 2.31. The molecule has 0 aromatic heterocycles. The normalized spacial score (nSPS) is 27.5. The first kappa shape index (κ1) is 13.9. The van der Waals surface area contributed by atoms with Crippen LogP contribution >= 0.6 is 0 Å². The maximum atomic E-state index is 12.4. The summed E-state index contributed by atoms with van der Waals surface area (Å²) in [6, 6.07) is 6.53. The molecule has 5 nitrogen and oxygen atoms in total. The lowest BCUT2D eigenvalue weighted by Gasteiger charge is -2.39. The van der Waals surface area contributed by atoms with Crippen molar-refractivity contribution in [1.29, 1.82) is 0 Å². The van der Waals surface area contributed by atoms with Gasteiger partial charge in [-0.2, -0.15) is 0 Å². The van der Waals surface area contributed by atoms with Gasteiger partial charge < -0.3 is 15.3 Å². The first-order valence-electron chi connectivity index (χ1n) is 7.44. The van der Waals surface area contributed by atoms with Crippen molar-refractivity contribution < 1.29 is 14.7 Å². The molecule has 1 aliphatic carbocycles. The number of fused-ring (bicyclic) bond motifs is 1. The maximum absolute atomic E-state index is 12.4. The van der Waals surface area contributed by atoms with Crippen molar-refractivity contribution >= 4 is 12.0 Å². The Morgan fingerprint density at radius 2 is 2.00 bits per heavy atom. The number of hydrogen-bond acceptors (Lipinski definition) is 2. The van der Waals surface area contributed by atoms with Gasteiger partial charge >= 0.3 is 12.0 Å². The van der Waals surface area contributed by atoms with Crippen LogP contribution in [0.25, 0.3) is 0 Å². The zero-order chi connectivity index (χ0) is 15.0. The zero-order valence-corrected chi connectivity index (χ0v) is 12.1. The van der Waals surface area contributed by atoms with Crippen LogP contribution in [0.1, 0.15) is 36.9 Å². The molecule has 1 fully saturated rings. The molecule has 1 aliphatic heterocycles. The molecule has 5 heteroatoms. The Balaban J connectivity index is 1.79. The predicted octanol–water partition coefficient (Wildman–Crippen LogP) is 2.18. The first-order valence-corrected chi connectivity index (χ1v) is 7.44. The summed E-state index contributed by atoms with van der Waals surface area (Å²) in [5.41, 5.74) is 1.75. The zero-order valence-electron chi connectivity index (χ0n) is 12.1. The Kier molecular flexibility index (Phi) is 3.57. The molecule has 1 saturated carbocycles. The van der Waals surface area contributed by atoms with Crippen LogP contribution in [0.5, 0.6) is 0 Å². The minimum Gasteiger partial charge on any atom is -0.479 e. The number of urea groups is 1. The van der Waals surface area contributed by atoms with Gasteiger partial charge in [-0.25, -0.2) is 9.59 Å². The van der Waals surface area contributed by atoms with E-state index in [0.717, 1.165) is 24.0 Å². The summed E-state index contributed by atoms with van der Waals surface area (Å²) < 4.78 is 0. The number of carboxylic acids is 1. The summed E-state index contributed by atoms with van der Waals surface area (Å²) in [5.74, 6) is -0.327. The standard InChI is InChI=1S/C16H20N2O3/c1-10-8-12(9-10)17-16(21)18-7-6-11-4-2-3-5-13(11)14(18)15(19)20/h2-5,10,12,14H,6-9H2,1H3,(H,17,21)(H,19,20). The molecule has 1 aromatic rings. The van der Waals surface area contributed by atoms with Crippen LogP contribution in [0.2, 0.25) is 0 Å². The second kappa shape index (κ2) is 5.39. The molecule has 0 radical (unpaired) electrons. The molecule has 112 valence electrons. The monoisotopic (exact) mass is 288 g/mol. The van der Waals surface area contributed by atoms with Gasteiger partial charge in [-0.3, -0.25) is 0 Å². The van der Waals surface area contributed by atoms with E-state index in [1.165, 1.54) is 4.90 Å². The van der Waals surface area contributed by atoms with Crippen LogP contribution in [0.4, 0.5) is 4.79 Å². The van der Waals surface area contributed by atoms with Gasteiger partial charge in [-0.15, -0.1) is 0 Å². The number of rotatable bonds is 2. The summed E-state index contributed by atoms with van der Waals surface area (Å²) in [4.78, 5) is 25.5. The number of carbonyl (C=O) groups excluding carboxylic acids is 1. The Morgan fingerprint density at radius 1 is 1.29 bits per heavy atom. The van der Waals surface area contributed by atoms with Gasteiger partial charge in [0.25, 0.3) is 0 Å². The van der Waals surface area contributed by atoms with Crippen molar-refractivity contribution in [2.45, 2.75) is 38.3 Å². The summed E-state index contributed by atoms with van der Waals surface area (Å²) in [6.07, 6.45) is 2.66. The largest absolute Gasteiger partial charge is 0.479 e. The number of nitrogens with one attached hydrogen (secondary N) is 1. The molecule has 2 N–H and O–H groups in total. The van der Waals surface area contributed by atoms with Gasteiger partial charge in [0, 0.05) is 12.6 Å². The molecule has 2 aliphatic rings. The van der Waals surface area contributed by atoms with Crippen LogP contribution in [-0.4, -0.2) is 34.6 Å². The second-order valence-electron chi connectivity index (χ2n) is 6.11. The lowest BCUT2D eigenvalue weighted by molar-refractivity contribution is -0.142. The van der Waals surface area contributed by atoms with E-state index in [1.807, 2.05) is 18.2 Å². The van der Waals surface area contributed by atoms with Crippen LogP contribution < -0.4 is 5.32 Å². The lowest BCUT2D eigenvalue weighted by Crippen LogP contribution is -2.53. The molecular weight excluding hydrogens is 268 g/mol. The third kappa shape index (κ3) is 2.60. The topological polar surface area (TPSA) is 69.6 Å². The molecule has 3 rings (SSSR count). The van der Waals surface area contributed by atoms with E-state index in [4.69, 9.17) is 0 Å². The molecule has 1 unspecified atom stereocenters. The van der Waals surface area contributed by atoms with Gasteiger partial charge in [0.1, 0.15) is 0 Å². The van der Waals surface area contributed by atoms with Gasteiger partial charge in [-0.1, -0.05) is 31.2 Å². The summed E-state index contributed by atoms with van der Waals surface area (Å²) in [6.45, 7) is 2.60. The highest BCUT2D eigenvalue weighted by Gasteiger charge is 2.37. The maximum Gasteiger partial charge on any atom is 0.331 e. The number of hydrogen-bond donors (Lipinski definition) is 2. The fraction of sp³-hybridized carbons (Fsp3) is 0.500. The molecule has 0 bridgehead atoms. The van der Waals surface area contributed by atoms with E-state index in [-0.39, 0.29) is 12.1 Å². The van der Waals surface area contributed by atoms with Gasteiger partial charge in [0.15, 0.2) is 6.04 Å². The fourth-order valence-electron chi connectivity index (χ4n) is 3.33. The summed E-state index contributed by atoms with van der Waals surface area (Å²) >= 11 is 0. The third-order valence-electron chi connectivity index (χ3n) is 4.48. The molecule has 2 amide bonds. The van der Waals surface area contributed by atoms with Crippen molar-refractivity contribution in [1.82, 2.24) is 10.2 Å². The fourth-order valence-corrected chi connectivity index (χ4v) is 3.33. The number of carbonyl (C=O) groups is 2. The highest BCUT2D eigenvalue weighted by atomic mass is 16.4. The van der Waals surface area contributed by atoms with Crippen molar-refractivity contribution in [3.05, 3.63) is 35.4 Å². The number of benzene rings is 1. The minimum atomic E-state index is -0.973. The molecular formula is C16H20N2O3. The smallest absolute Gasteiger partial charge is 0.331 e. The summed E-state index contributed by atoms with van der Waals surface area (Å²) in [5, 5.41) is 12.5. The molecule has 21 heavy (non-hydrogen) atoms. The van der Waals surface area contributed by atoms with E-state index in [1.54, 1.807) is 6.07 Å². The van der Waals surface area contributed by atoms with E-state index < -0.39 is 12.0 Å². The van der Waals surface area contributed by atoms with Gasteiger partial charge in [0.2, 0.25) is 0 Å². The summed E-state index contributed by atoms with van der Waals surface area (Å²) in [7, 11) is 0. The van der Waals surface area contributed by atoms with Crippen molar-refractivity contribution in [3.8, 4) is 0 Å². The van der Waals surface area contributed by atoms with E-state index in [9.17, 15) is 14.7 Å². The molecule has 0 spiro atoms. The Morgan fingerprint density at radius 3 is 2.67 bits per heavy atom. The van der Waals surface area contributed by atoms with Gasteiger partial charge in [-0.05, 0) is 36.3 Å². The number of nitrogens with zero attached hydrogens (tertiary/aromatic N) is 1. The average molecular weight is 288 g/mol. The van der Waals surface area contributed by atoms with Crippen LogP contribution in [0.3, 0.4) is 0 Å². The molecule has 1 aromatic carbocycles. The van der Waals surface area contributed by atoms with Crippen LogP contribution in [-0.2, 0) is 11.2 Å². The van der Waals surface area contributed by atoms with Crippen molar-refractivity contribution in [2.75, 3.05) is 6.54 Å². The predicted molar refractivity (Wildman–Crippen MR) is 77.9 cm³/mol. The molecule has 0 saturated heterocycles. The number of carboxylic acid groups (broad SMARTS) is 1. The van der Waals surface area contributed by atoms with Gasteiger partial charge in [0.05, 0.1) is 0 Å².